The van der Waals surface area contributed by atoms with Crippen molar-refractivity contribution in [3.8, 4) is 0 Å². The second kappa shape index (κ2) is 10.6. The monoisotopic (exact) mass is 497 g/mol. The number of carbonyl (C=O) groups is 3. The topological polar surface area (TPSA) is 101 Å². The molecule has 8 nitrogen and oxygen atoms in total. The van der Waals surface area contributed by atoms with Crippen LogP contribution < -0.4 is 5.32 Å². The van der Waals surface area contributed by atoms with Gasteiger partial charge >= 0.3 is 5.97 Å². The van der Waals surface area contributed by atoms with E-state index in [1.54, 1.807) is 26.0 Å². The lowest BCUT2D eigenvalue weighted by atomic mass is 10.0. The van der Waals surface area contributed by atoms with Gasteiger partial charge < -0.3 is 14.5 Å². The van der Waals surface area contributed by atoms with Crippen LogP contribution in [0.3, 0.4) is 0 Å². The summed E-state index contributed by atoms with van der Waals surface area (Å²) < 4.78 is 24.7. The summed E-state index contributed by atoms with van der Waals surface area (Å²) >= 11 is 1.51. The van der Waals surface area contributed by atoms with E-state index in [1.807, 2.05) is 17.5 Å². The maximum Gasteiger partial charge on any atom is 0.329 e. The number of esters is 1. The first-order valence-corrected chi connectivity index (χ1v) is 11.9. The molecular formula is C25H24FN3O5S. The van der Waals surface area contributed by atoms with Crippen LogP contribution in [-0.4, -0.2) is 41.2 Å². The Labute approximate surface area is 205 Å². The lowest BCUT2D eigenvalue weighted by molar-refractivity contribution is -0.155. The van der Waals surface area contributed by atoms with E-state index in [1.165, 1.54) is 40.8 Å². The summed E-state index contributed by atoms with van der Waals surface area (Å²) in [5.41, 5.74) is 0.550. The highest BCUT2D eigenvalue weighted by Crippen LogP contribution is 2.34. The highest BCUT2D eigenvalue weighted by atomic mass is 32.1. The Morgan fingerprint density at radius 1 is 1.20 bits per heavy atom. The third-order valence-corrected chi connectivity index (χ3v) is 6.43. The van der Waals surface area contributed by atoms with Crippen LogP contribution >= 0.6 is 11.3 Å². The molecule has 0 fully saturated rings. The number of thiophene rings is 1. The number of nitrogens with zero attached hydrogens (tertiary/aromatic N) is 2. The zero-order valence-electron chi connectivity index (χ0n) is 19.1. The van der Waals surface area contributed by atoms with Crippen molar-refractivity contribution in [1.29, 1.82) is 0 Å². The predicted molar refractivity (Wildman–Crippen MR) is 127 cm³/mol. The molecule has 1 aromatic carbocycles. The molecule has 1 N–H and O–H groups in total. The van der Waals surface area contributed by atoms with E-state index < -0.39 is 42.3 Å². The van der Waals surface area contributed by atoms with E-state index >= 15 is 0 Å². The molecule has 0 saturated heterocycles. The largest absolute Gasteiger partial charge is 0.467 e. The summed E-state index contributed by atoms with van der Waals surface area (Å²) in [7, 11) is 0. The third-order valence-electron chi connectivity index (χ3n) is 5.51. The standard InChI is InChI=1S/C25H24FN3O5S/c1-15(2)23(27-24(31)16-7-3-4-8-17(16)26)25(32)34-14-22(30)29-19(20-9-5-11-33-20)13-18(28-29)21-10-6-12-35-21/h3-12,15,19,23H,13-14H2,1-2H3,(H,27,31)/t19-,23+/m0/s1. The van der Waals surface area contributed by atoms with Crippen molar-refractivity contribution in [3.63, 3.8) is 0 Å². The summed E-state index contributed by atoms with van der Waals surface area (Å²) in [6.45, 7) is 2.84. The molecule has 1 aliphatic heterocycles. The number of hydrogen-bond acceptors (Lipinski definition) is 7. The first-order valence-electron chi connectivity index (χ1n) is 11.0. The van der Waals surface area contributed by atoms with Crippen LogP contribution in [0.1, 0.15) is 47.3 Å². The van der Waals surface area contributed by atoms with Crippen LogP contribution in [0.4, 0.5) is 4.39 Å². The minimum atomic E-state index is -1.07. The smallest absolute Gasteiger partial charge is 0.329 e. The normalized spacial score (nSPS) is 16.2. The zero-order valence-corrected chi connectivity index (χ0v) is 20.0. The Morgan fingerprint density at radius 3 is 2.66 bits per heavy atom. The number of furan rings is 1. The average molecular weight is 498 g/mol. The second-order valence-electron chi connectivity index (χ2n) is 8.28. The van der Waals surface area contributed by atoms with E-state index in [0.29, 0.717) is 12.2 Å². The van der Waals surface area contributed by atoms with E-state index in [4.69, 9.17) is 9.15 Å². The first-order chi connectivity index (χ1) is 16.8. The van der Waals surface area contributed by atoms with Crippen molar-refractivity contribution in [3.05, 3.63) is 82.2 Å². The Kier molecular flexibility index (Phi) is 7.40. The summed E-state index contributed by atoms with van der Waals surface area (Å²) in [5.74, 6) is -2.57. The van der Waals surface area contributed by atoms with Gasteiger partial charge in [0, 0.05) is 6.42 Å². The van der Waals surface area contributed by atoms with Crippen molar-refractivity contribution in [2.75, 3.05) is 6.61 Å². The number of halogens is 1. The summed E-state index contributed by atoms with van der Waals surface area (Å²) in [6.07, 6.45) is 1.98. The third kappa shape index (κ3) is 5.48. The van der Waals surface area contributed by atoms with Gasteiger partial charge in [-0.25, -0.2) is 14.2 Å². The summed E-state index contributed by atoms with van der Waals surface area (Å²) in [6, 6.07) is 11.2. The number of carbonyl (C=O) groups excluding carboxylic acids is 3. The lowest BCUT2D eigenvalue weighted by Crippen LogP contribution is -2.46. The first kappa shape index (κ1) is 24.3. The molecule has 0 bridgehead atoms. The minimum Gasteiger partial charge on any atom is -0.467 e. The molecule has 4 rings (SSSR count). The summed E-state index contributed by atoms with van der Waals surface area (Å²) in [5, 5.41) is 10.2. The Balaban J connectivity index is 1.43. The molecule has 2 atom stereocenters. The van der Waals surface area contributed by atoms with Gasteiger partial charge in [-0.05, 0) is 41.6 Å². The highest BCUT2D eigenvalue weighted by molar-refractivity contribution is 7.12. The van der Waals surface area contributed by atoms with Crippen LogP contribution in [-0.2, 0) is 14.3 Å². The molecule has 0 radical (unpaired) electrons. The molecule has 1 aliphatic rings. The minimum absolute atomic E-state index is 0.184. The van der Waals surface area contributed by atoms with Gasteiger partial charge in [0.05, 0.1) is 22.4 Å². The Hall–Kier alpha value is -3.79. The second-order valence-corrected chi connectivity index (χ2v) is 9.23. The van der Waals surface area contributed by atoms with E-state index in [-0.39, 0.29) is 11.5 Å². The van der Waals surface area contributed by atoms with Crippen LogP contribution in [0.25, 0.3) is 0 Å². The van der Waals surface area contributed by atoms with Gasteiger partial charge in [0.1, 0.15) is 23.7 Å². The molecule has 0 aliphatic carbocycles. The Bertz CT molecular complexity index is 1220. The van der Waals surface area contributed by atoms with Gasteiger partial charge in [-0.15, -0.1) is 11.3 Å². The van der Waals surface area contributed by atoms with Gasteiger partial charge in [0.25, 0.3) is 11.8 Å². The van der Waals surface area contributed by atoms with Crippen molar-refractivity contribution < 1.29 is 27.9 Å². The SMILES string of the molecule is CC(C)[C@@H](NC(=O)c1ccccc1F)C(=O)OCC(=O)N1N=C(c2cccs2)C[C@H]1c1ccco1. The van der Waals surface area contributed by atoms with Gasteiger partial charge in [-0.2, -0.15) is 5.10 Å². The number of hydrogen-bond donors (Lipinski definition) is 1. The van der Waals surface area contributed by atoms with Gasteiger partial charge in [-0.3, -0.25) is 9.59 Å². The number of ether oxygens (including phenoxy) is 1. The molecule has 0 unspecified atom stereocenters. The molecule has 182 valence electrons. The molecule has 35 heavy (non-hydrogen) atoms. The predicted octanol–water partition coefficient (Wildman–Crippen LogP) is 4.16. The maximum absolute atomic E-state index is 14.0. The maximum atomic E-state index is 14.0. The summed E-state index contributed by atoms with van der Waals surface area (Å²) in [4.78, 5) is 39.2. The van der Waals surface area contributed by atoms with Crippen molar-refractivity contribution in [1.82, 2.24) is 10.3 Å². The van der Waals surface area contributed by atoms with Crippen LogP contribution in [0.5, 0.6) is 0 Å². The highest BCUT2D eigenvalue weighted by Gasteiger charge is 2.36. The molecule has 10 heteroatoms. The van der Waals surface area contributed by atoms with E-state index in [0.717, 1.165) is 16.7 Å². The lowest BCUT2D eigenvalue weighted by Gasteiger charge is -2.23. The van der Waals surface area contributed by atoms with Crippen molar-refractivity contribution in [2.45, 2.75) is 32.4 Å². The van der Waals surface area contributed by atoms with Crippen LogP contribution in [0.2, 0.25) is 0 Å². The molecule has 2 aromatic heterocycles. The number of rotatable bonds is 8. The zero-order chi connectivity index (χ0) is 24.9. The molecule has 0 saturated carbocycles. The van der Waals surface area contributed by atoms with E-state index in [9.17, 15) is 18.8 Å². The number of amides is 2. The number of benzene rings is 1. The van der Waals surface area contributed by atoms with Gasteiger partial charge in [0.2, 0.25) is 0 Å². The number of nitrogens with one attached hydrogen (secondary N) is 1. The Morgan fingerprint density at radius 2 is 2.00 bits per heavy atom. The molecule has 3 heterocycles. The molecule has 3 aromatic rings. The average Bonchev–Trinajstić information content (AvgIpc) is 3.61. The molecule has 0 spiro atoms. The van der Waals surface area contributed by atoms with Crippen molar-refractivity contribution in [2.24, 2.45) is 11.0 Å². The van der Waals surface area contributed by atoms with E-state index in [2.05, 4.69) is 10.4 Å². The quantitative estimate of drug-likeness (QED) is 0.471. The fraction of sp³-hybridized carbons (Fsp3) is 0.280. The fourth-order valence-corrected chi connectivity index (χ4v) is 4.41. The molecule has 2 amide bonds. The van der Waals surface area contributed by atoms with Crippen LogP contribution in [0.15, 0.2) is 69.7 Å². The number of hydrazone groups is 1. The van der Waals surface area contributed by atoms with Crippen LogP contribution in [0, 0.1) is 11.7 Å². The van der Waals surface area contributed by atoms with Crippen molar-refractivity contribution >= 4 is 34.8 Å². The van der Waals surface area contributed by atoms with Gasteiger partial charge in [0.15, 0.2) is 6.61 Å². The fourth-order valence-electron chi connectivity index (χ4n) is 3.69. The van der Waals surface area contributed by atoms with Gasteiger partial charge in [-0.1, -0.05) is 32.0 Å². The molecular weight excluding hydrogens is 473 g/mol.